The number of ketones is 1. The van der Waals surface area contributed by atoms with Crippen LogP contribution in [0.4, 0.5) is 5.69 Å². The molecular formula is C19H19N3O3S. The van der Waals surface area contributed by atoms with E-state index >= 15 is 0 Å². The summed E-state index contributed by atoms with van der Waals surface area (Å²) in [6.45, 7) is 3.87. The van der Waals surface area contributed by atoms with Gasteiger partial charge in [-0.3, -0.25) is 9.59 Å². The summed E-state index contributed by atoms with van der Waals surface area (Å²) in [6.07, 6.45) is 1.89. The van der Waals surface area contributed by atoms with Gasteiger partial charge in [-0.05, 0) is 41.6 Å². The van der Waals surface area contributed by atoms with Crippen LogP contribution in [0.5, 0.6) is 5.88 Å². The Morgan fingerprint density at radius 1 is 1.15 bits per heavy atom. The molecule has 0 saturated heterocycles. The van der Waals surface area contributed by atoms with Gasteiger partial charge in [-0.15, -0.1) is 11.3 Å². The number of Topliss-reactive ketones (excluding diaryl/α,β-unsaturated/α-hetero) is 1. The monoisotopic (exact) mass is 369 g/mol. The zero-order valence-corrected chi connectivity index (χ0v) is 15.4. The maximum Gasteiger partial charge on any atom is 0.225 e. The largest absolute Gasteiger partial charge is 0.469 e. The molecule has 26 heavy (non-hydrogen) atoms. The van der Waals surface area contributed by atoms with Crippen LogP contribution in [0.15, 0.2) is 42.0 Å². The number of benzene rings is 1. The van der Waals surface area contributed by atoms with Crippen LogP contribution in [-0.4, -0.2) is 28.3 Å². The molecule has 0 fully saturated rings. The van der Waals surface area contributed by atoms with E-state index in [1.54, 1.807) is 24.3 Å². The summed E-state index contributed by atoms with van der Waals surface area (Å²) in [5, 5.41) is 5.52. The maximum atomic E-state index is 12.3. The average Bonchev–Trinajstić information content (AvgIpc) is 3.09. The maximum absolute atomic E-state index is 12.3. The highest BCUT2D eigenvalue weighted by Crippen LogP contribution is 2.25. The molecule has 0 aliphatic heterocycles. The van der Waals surface area contributed by atoms with Crippen LogP contribution in [-0.2, 0) is 4.79 Å². The molecule has 3 aromatic rings. The van der Waals surface area contributed by atoms with Crippen molar-refractivity contribution in [1.82, 2.24) is 9.97 Å². The Morgan fingerprint density at radius 3 is 2.65 bits per heavy atom. The standard InChI is InChI=1S/C19H19N3O3S/c1-12(2)9-17(24)22-14-5-3-13(4-6-14)16(23)10-25-18-15-7-8-26-19(15)21-11-20-18/h3-8,11-12H,9-10H2,1-2H3,(H,22,24). The first kappa shape index (κ1) is 18.0. The molecule has 0 spiro atoms. The van der Waals surface area contributed by atoms with Gasteiger partial charge in [0, 0.05) is 17.7 Å². The number of hydrogen-bond acceptors (Lipinski definition) is 6. The van der Waals surface area contributed by atoms with Crippen molar-refractivity contribution in [3.05, 3.63) is 47.6 Å². The second kappa shape index (κ2) is 8.05. The van der Waals surface area contributed by atoms with Crippen LogP contribution in [0.1, 0.15) is 30.6 Å². The van der Waals surface area contributed by atoms with E-state index < -0.39 is 0 Å². The molecule has 0 atom stereocenters. The van der Waals surface area contributed by atoms with E-state index in [1.807, 2.05) is 25.3 Å². The molecule has 6 nitrogen and oxygen atoms in total. The lowest BCUT2D eigenvalue weighted by atomic mass is 10.1. The van der Waals surface area contributed by atoms with E-state index in [0.717, 1.165) is 10.2 Å². The minimum atomic E-state index is -0.160. The molecule has 3 rings (SSSR count). The Morgan fingerprint density at radius 2 is 1.92 bits per heavy atom. The predicted molar refractivity (Wildman–Crippen MR) is 102 cm³/mol. The summed E-state index contributed by atoms with van der Waals surface area (Å²) in [4.78, 5) is 33.2. The number of ether oxygens (including phenoxy) is 1. The quantitative estimate of drug-likeness (QED) is 0.638. The number of nitrogens with one attached hydrogen (secondary N) is 1. The molecule has 1 N–H and O–H groups in total. The van der Waals surface area contributed by atoms with Crippen LogP contribution in [0, 0.1) is 5.92 Å². The van der Waals surface area contributed by atoms with Crippen molar-refractivity contribution in [2.75, 3.05) is 11.9 Å². The first-order valence-electron chi connectivity index (χ1n) is 8.27. The number of anilines is 1. The van der Waals surface area contributed by atoms with Crippen molar-refractivity contribution < 1.29 is 14.3 Å². The minimum absolute atomic E-state index is 0.0362. The second-order valence-corrected chi connectivity index (χ2v) is 7.15. The van der Waals surface area contributed by atoms with Crippen LogP contribution in [0.25, 0.3) is 10.2 Å². The van der Waals surface area contributed by atoms with E-state index in [4.69, 9.17) is 4.74 Å². The van der Waals surface area contributed by atoms with Crippen LogP contribution < -0.4 is 10.1 Å². The smallest absolute Gasteiger partial charge is 0.225 e. The molecule has 2 aromatic heterocycles. The van der Waals surface area contributed by atoms with E-state index in [9.17, 15) is 9.59 Å². The van der Waals surface area contributed by atoms with Crippen LogP contribution in [0.2, 0.25) is 0 Å². The van der Waals surface area contributed by atoms with Gasteiger partial charge in [-0.2, -0.15) is 0 Å². The number of fused-ring (bicyclic) bond motifs is 1. The van der Waals surface area contributed by atoms with Crippen molar-refractivity contribution in [2.45, 2.75) is 20.3 Å². The van der Waals surface area contributed by atoms with Gasteiger partial charge in [0.2, 0.25) is 11.8 Å². The number of nitrogens with zero attached hydrogens (tertiary/aromatic N) is 2. The molecule has 0 aliphatic carbocycles. The summed E-state index contributed by atoms with van der Waals surface area (Å²) < 4.78 is 5.57. The summed E-state index contributed by atoms with van der Waals surface area (Å²) >= 11 is 1.49. The lowest BCUT2D eigenvalue weighted by Gasteiger charge is -2.08. The third-order valence-electron chi connectivity index (χ3n) is 3.65. The summed E-state index contributed by atoms with van der Waals surface area (Å²) in [6, 6.07) is 8.66. The van der Waals surface area contributed by atoms with Crippen LogP contribution >= 0.6 is 11.3 Å². The molecule has 7 heteroatoms. The fourth-order valence-corrected chi connectivity index (χ4v) is 3.15. The fraction of sp³-hybridized carbons (Fsp3) is 0.263. The summed E-state index contributed by atoms with van der Waals surface area (Å²) in [5.74, 6) is 0.504. The Kier molecular flexibility index (Phi) is 5.58. The van der Waals surface area contributed by atoms with Gasteiger partial charge in [-0.25, -0.2) is 9.97 Å². The molecule has 0 bridgehead atoms. The Hall–Kier alpha value is -2.80. The van der Waals surface area contributed by atoms with Crippen molar-refractivity contribution >= 4 is 38.9 Å². The Balaban J connectivity index is 1.60. The highest BCUT2D eigenvalue weighted by molar-refractivity contribution is 7.16. The van der Waals surface area contributed by atoms with Gasteiger partial charge in [0.05, 0.1) is 5.39 Å². The number of amides is 1. The minimum Gasteiger partial charge on any atom is -0.469 e. The lowest BCUT2D eigenvalue weighted by Crippen LogP contribution is -2.15. The Labute approximate surface area is 155 Å². The molecule has 0 saturated carbocycles. The van der Waals surface area contributed by atoms with E-state index in [0.29, 0.717) is 29.5 Å². The third-order valence-corrected chi connectivity index (χ3v) is 4.47. The van der Waals surface area contributed by atoms with E-state index in [1.165, 1.54) is 17.7 Å². The number of carbonyl (C=O) groups excluding carboxylic acids is 2. The first-order valence-corrected chi connectivity index (χ1v) is 9.15. The summed E-state index contributed by atoms with van der Waals surface area (Å²) in [7, 11) is 0. The van der Waals surface area contributed by atoms with Gasteiger partial charge in [0.15, 0.2) is 12.4 Å². The number of carbonyl (C=O) groups is 2. The first-order chi connectivity index (χ1) is 12.5. The second-order valence-electron chi connectivity index (χ2n) is 6.25. The zero-order valence-electron chi connectivity index (χ0n) is 14.6. The summed E-state index contributed by atoms with van der Waals surface area (Å²) in [5.41, 5.74) is 1.19. The van der Waals surface area contributed by atoms with Gasteiger partial charge >= 0.3 is 0 Å². The van der Waals surface area contributed by atoms with Gasteiger partial charge < -0.3 is 10.1 Å². The van der Waals surface area contributed by atoms with Crippen LogP contribution in [0.3, 0.4) is 0 Å². The number of rotatable bonds is 7. The Bertz CT molecular complexity index is 919. The third kappa shape index (κ3) is 4.43. The van der Waals surface area contributed by atoms with Crippen molar-refractivity contribution in [2.24, 2.45) is 5.92 Å². The molecule has 0 radical (unpaired) electrons. The van der Waals surface area contributed by atoms with Crippen molar-refractivity contribution in [3.63, 3.8) is 0 Å². The molecule has 1 aromatic carbocycles. The molecular weight excluding hydrogens is 350 g/mol. The zero-order chi connectivity index (χ0) is 18.5. The van der Waals surface area contributed by atoms with Gasteiger partial charge in [0.1, 0.15) is 11.2 Å². The predicted octanol–water partition coefficient (Wildman–Crippen LogP) is 3.94. The number of aromatic nitrogens is 2. The van der Waals surface area contributed by atoms with Gasteiger partial charge in [-0.1, -0.05) is 13.8 Å². The molecule has 2 heterocycles. The highest BCUT2D eigenvalue weighted by atomic mass is 32.1. The molecule has 1 amide bonds. The average molecular weight is 369 g/mol. The number of thiophene rings is 1. The fourth-order valence-electron chi connectivity index (χ4n) is 2.42. The van der Waals surface area contributed by atoms with E-state index in [2.05, 4.69) is 15.3 Å². The lowest BCUT2D eigenvalue weighted by molar-refractivity contribution is -0.116. The van der Waals surface area contributed by atoms with Gasteiger partial charge in [0.25, 0.3) is 0 Å². The van der Waals surface area contributed by atoms with E-state index in [-0.39, 0.29) is 18.3 Å². The molecule has 134 valence electrons. The molecule has 0 unspecified atom stereocenters. The highest BCUT2D eigenvalue weighted by Gasteiger charge is 2.11. The SMILES string of the molecule is CC(C)CC(=O)Nc1ccc(C(=O)COc2ncnc3sccc23)cc1. The number of hydrogen-bond donors (Lipinski definition) is 1. The topological polar surface area (TPSA) is 81.2 Å². The normalized spacial score (nSPS) is 10.9. The van der Waals surface area contributed by atoms with Crippen molar-refractivity contribution in [1.29, 1.82) is 0 Å². The molecule has 0 aliphatic rings. The van der Waals surface area contributed by atoms with Crippen molar-refractivity contribution in [3.8, 4) is 5.88 Å².